The van der Waals surface area contributed by atoms with Crippen molar-refractivity contribution >= 4 is 0 Å². The highest BCUT2D eigenvalue weighted by atomic mass is 16.3. The highest BCUT2D eigenvalue weighted by Gasteiger charge is 2.04. The summed E-state index contributed by atoms with van der Waals surface area (Å²) in [6, 6.07) is 0. The lowest BCUT2D eigenvalue weighted by atomic mass is 10.1. The monoisotopic (exact) mass is 321 g/mol. The molecule has 0 saturated carbocycles. The average molecular weight is 322 g/mol. The molecule has 0 aliphatic carbocycles. The van der Waals surface area contributed by atoms with Crippen LogP contribution in [-0.2, 0) is 12.8 Å². The standard InChI is InChI=1S/C21H39NO/c1-3-5-7-9-11-13-15-17-20-19-23-21(22-20)18-16-14-12-10-8-6-4-2/h19H,3-18H2,1-2H3. The smallest absolute Gasteiger partial charge is 0.194 e. The number of hydrogen-bond acceptors (Lipinski definition) is 2. The minimum Gasteiger partial charge on any atom is -0.449 e. The zero-order valence-corrected chi connectivity index (χ0v) is 15.7. The van der Waals surface area contributed by atoms with Gasteiger partial charge in [0.25, 0.3) is 0 Å². The molecule has 0 amide bonds. The molecule has 2 nitrogen and oxygen atoms in total. The van der Waals surface area contributed by atoms with E-state index in [1.54, 1.807) is 0 Å². The zero-order valence-electron chi connectivity index (χ0n) is 15.7. The van der Waals surface area contributed by atoms with Crippen molar-refractivity contribution in [2.24, 2.45) is 0 Å². The summed E-state index contributed by atoms with van der Waals surface area (Å²) in [6.07, 6.45) is 22.9. The third kappa shape index (κ3) is 11.4. The van der Waals surface area contributed by atoms with Gasteiger partial charge in [-0.2, -0.15) is 0 Å². The Morgan fingerprint density at radius 1 is 0.652 bits per heavy atom. The topological polar surface area (TPSA) is 26.0 Å². The summed E-state index contributed by atoms with van der Waals surface area (Å²) in [5, 5.41) is 0. The Hall–Kier alpha value is -0.790. The molecule has 23 heavy (non-hydrogen) atoms. The summed E-state index contributed by atoms with van der Waals surface area (Å²) in [7, 11) is 0. The van der Waals surface area contributed by atoms with Gasteiger partial charge in [0.15, 0.2) is 5.89 Å². The number of aryl methyl sites for hydroxylation is 2. The van der Waals surface area contributed by atoms with Gasteiger partial charge in [0.1, 0.15) is 6.26 Å². The Morgan fingerprint density at radius 3 is 1.70 bits per heavy atom. The first-order chi connectivity index (χ1) is 11.4. The summed E-state index contributed by atoms with van der Waals surface area (Å²) in [6.45, 7) is 4.54. The van der Waals surface area contributed by atoms with Gasteiger partial charge in [-0.15, -0.1) is 0 Å². The van der Waals surface area contributed by atoms with Gasteiger partial charge < -0.3 is 4.42 Å². The van der Waals surface area contributed by atoms with E-state index in [1.807, 2.05) is 6.26 Å². The number of aromatic nitrogens is 1. The SMILES string of the molecule is CCCCCCCCCc1coc(CCCCCCCCC)n1. The Balaban J connectivity index is 1.97. The second kappa shape index (κ2) is 14.8. The van der Waals surface area contributed by atoms with Crippen LogP contribution in [0.25, 0.3) is 0 Å². The van der Waals surface area contributed by atoms with E-state index in [0.717, 1.165) is 24.4 Å². The van der Waals surface area contributed by atoms with Gasteiger partial charge in [0.05, 0.1) is 5.69 Å². The molecular formula is C21H39NO. The van der Waals surface area contributed by atoms with Gasteiger partial charge in [-0.3, -0.25) is 0 Å². The van der Waals surface area contributed by atoms with Crippen molar-refractivity contribution in [3.63, 3.8) is 0 Å². The fourth-order valence-corrected chi connectivity index (χ4v) is 3.08. The average Bonchev–Trinajstić information content (AvgIpc) is 3.01. The lowest BCUT2D eigenvalue weighted by Gasteiger charge is -2.00. The van der Waals surface area contributed by atoms with E-state index in [0.29, 0.717) is 0 Å². The van der Waals surface area contributed by atoms with Crippen LogP contribution in [0.3, 0.4) is 0 Å². The molecule has 0 unspecified atom stereocenters. The van der Waals surface area contributed by atoms with E-state index in [-0.39, 0.29) is 0 Å². The van der Waals surface area contributed by atoms with Gasteiger partial charge >= 0.3 is 0 Å². The number of rotatable bonds is 16. The zero-order chi connectivity index (χ0) is 16.6. The van der Waals surface area contributed by atoms with Crippen molar-refractivity contribution in [3.05, 3.63) is 17.8 Å². The molecule has 1 heterocycles. The Labute approximate surface area is 144 Å². The molecule has 134 valence electrons. The summed E-state index contributed by atoms with van der Waals surface area (Å²) >= 11 is 0. The molecule has 0 aliphatic rings. The molecule has 0 atom stereocenters. The van der Waals surface area contributed by atoms with E-state index < -0.39 is 0 Å². The minimum absolute atomic E-state index is 0.955. The minimum atomic E-state index is 0.955. The number of hydrogen-bond donors (Lipinski definition) is 0. The van der Waals surface area contributed by atoms with Crippen molar-refractivity contribution in [1.82, 2.24) is 4.98 Å². The number of oxazole rings is 1. The summed E-state index contributed by atoms with van der Waals surface area (Å²) < 4.78 is 5.61. The predicted octanol–water partition coefficient (Wildman–Crippen LogP) is 7.26. The van der Waals surface area contributed by atoms with Crippen molar-refractivity contribution in [1.29, 1.82) is 0 Å². The first kappa shape index (κ1) is 20.3. The van der Waals surface area contributed by atoms with Crippen LogP contribution in [-0.4, -0.2) is 4.98 Å². The fraction of sp³-hybridized carbons (Fsp3) is 0.857. The van der Waals surface area contributed by atoms with Crippen LogP contribution in [0.1, 0.15) is 115 Å². The summed E-state index contributed by atoms with van der Waals surface area (Å²) in [5.74, 6) is 0.955. The third-order valence-electron chi connectivity index (χ3n) is 4.63. The van der Waals surface area contributed by atoms with Crippen LogP contribution in [0.4, 0.5) is 0 Å². The first-order valence-electron chi connectivity index (χ1n) is 10.3. The highest BCUT2D eigenvalue weighted by Crippen LogP contribution is 2.13. The second-order valence-corrected chi connectivity index (χ2v) is 6.98. The van der Waals surface area contributed by atoms with E-state index in [9.17, 15) is 0 Å². The predicted molar refractivity (Wildman–Crippen MR) is 99.9 cm³/mol. The van der Waals surface area contributed by atoms with Crippen molar-refractivity contribution < 1.29 is 4.42 Å². The first-order valence-corrected chi connectivity index (χ1v) is 10.3. The Bertz CT molecular complexity index is 326. The molecule has 0 N–H and O–H groups in total. The normalized spacial score (nSPS) is 11.2. The lowest BCUT2D eigenvalue weighted by molar-refractivity contribution is 0.477. The van der Waals surface area contributed by atoms with Crippen LogP contribution in [0, 0.1) is 0 Å². The van der Waals surface area contributed by atoms with Crippen LogP contribution in [0.15, 0.2) is 10.7 Å². The van der Waals surface area contributed by atoms with Crippen LogP contribution < -0.4 is 0 Å². The molecule has 0 fully saturated rings. The molecule has 0 aromatic carbocycles. The van der Waals surface area contributed by atoms with Gasteiger partial charge in [-0.1, -0.05) is 90.9 Å². The molecule has 0 aliphatic heterocycles. The molecule has 2 heteroatoms. The quantitative estimate of drug-likeness (QED) is 0.299. The maximum atomic E-state index is 5.61. The number of nitrogens with zero attached hydrogens (tertiary/aromatic N) is 1. The third-order valence-corrected chi connectivity index (χ3v) is 4.63. The van der Waals surface area contributed by atoms with E-state index in [4.69, 9.17) is 4.42 Å². The van der Waals surface area contributed by atoms with Gasteiger partial charge in [-0.25, -0.2) is 4.98 Å². The van der Waals surface area contributed by atoms with Crippen LogP contribution in [0.2, 0.25) is 0 Å². The molecular weight excluding hydrogens is 282 g/mol. The van der Waals surface area contributed by atoms with Crippen LogP contribution in [0.5, 0.6) is 0 Å². The van der Waals surface area contributed by atoms with E-state index >= 15 is 0 Å². The molecule has 0 radical (unpaired) electrons. The Kier molecular flexibility index (Phi) is 13.0. The molecule has 1 aromatic rings. The van der Waals surface area contributed by atoms with Crippen molar-refractivity contribution in [2.75, 3.05) is 0 Å². The maximum absolute atomic E-state index is 5.61. The van der Waals surface area contributed by atoms with Crippen molar-refractivity contribution in [2.45, 2.75) is 117 Å². The summed E-state index contributed by atoms with van der Waals surface area (Å²) in [4.78, 5) is 4.64. The molecule has 1 aromatic heterocycles. The maximum Gasteiger partial charge on any atom is 0.194 e. The highest BCUT2D eigenvalue weighted by molar-refractivity contribution is 4.96. The van der Waals surface area contributed by atoms with Gasteiger partial charge in [0.2, 0.25) is 0 Å². The van der Waals surface area contributed by atoms with Gasteiger partial charge in [-0.05, 0) is 19.3 Å². The van der Waals surface area contributed by atoms with Crippen molar-refractivity contribution in [3.8, 4) is 0 Å². The van der Waals surface area contributed by atoms with E-state index in [1.165, 1.54) is 89.9 Å². The largest absolute Gasteiger partial charge is 0.449 e. The summed E-state index contributed by atoms with van der Waals surface area (Å²) in [5.41, 5.74) is 1.16. The molecule has 0 spiro atoms. The second-order valence-electron chi connectivity index (χ2n) is 6.98. The fourth-order valence-electron chi connectivity index (χ4n) is 3.08. The Morgan fingerprint density at radius 2 is 1.13 bits per heavy atom. The van der Waals surface area contributed by atoms with Crippen LogP contribution >= 0.6 is 0 Å². The van der Waals surface area contributed by atoms with Gasteiger partial charge in [0, 0.05) is 6.42 Å². The van der Waals surface area contributed by atoms with E-state index in [2.05, 4.69) is 18.8 Å². The lowest BCUT2D eigenvalue weighted by Crippen LogP contribution is -1.90. The number of unbranched alkanes of at least 4 members (excludes halogenated alkanes) is 12. The molecule has 0 bridgehead atoms. The molecule has 1 rings (SSSR count). The molecule has 0 saturated heterocycles.